The van der Waals surface area contributed by atoms with Gasteiger partial charge in [-0.2, -0.15) is 0 Å². The minimum atomic E-state index is -1.27. The van der Waals surface area contributed by atoms with Gasteiger partial charge in [0, 0.05) is 10.6 Å². The maximum Gasteiger partial charge on any atom is 0.326 e. The fourth-order valence-corrected chi connectivity index (χ4v) is 1.62. The summed E-state index contributed by atoms with van der Waals surface area (Å²) in [4.78, 5) is 21.5. The molecule has 0 aliphatic heterocycles. The lowest BCUT2D eigenvalue weighted by atomic mass is 10.1. The number of rotatable bonds is 5. The van der Waals surface area contributed by atoms with Gasteiger partial charge in [-0.3, -0.25) is 4.79 Å². The van der Waals surface area contributed by atoms with Gasteiger partial charge in [0.25, 0.3) is 0 Å². The second kappa shape index (κ2) is 6.32. The van der Waals surface area contributed by atoms with Crippen molar-refractivity contribution in [2.75, 3.05) is 0 Å². The number of hydrogen-bond acceptors (Lipinski definition) is 3. The van der Waals surface area contributed by atoms with Gasteiger partial charge in [-0.25, -0.2) is 4.79 Å². The van der Waals surface area contributed by atoms with E-state index in [0.717, 1.165) is 0 Å². The van der Waals surface area contributed by atoms with Gasteiger partial charge in [0.05, 0.1) is 6.42 Å². The number of aliphatic carboxylic acids is 2. The molecule has 0 spiro atoms. The summed E-state index contributed by atoms with van der Waals surface area (Å²) in [5.41, 5.74) is 0.575. The number of carboxylic acid groups (broad SMARTS) is 2. The number of carboxylic acids is 2. The quantitative estimate of drug-likeness (QED) is 0.712. The fourth-order valence-electron chi connectivity index (χ4n) is 1.22. The number of nitrogens with one attached hydrogen (secondary N) is 1. The third-order valence-corrected chi connectivity index (χ3v) is 2.69. The monoisotopic (exact) mass is 287 g/mol. The highest BCUT2D eigenvalue weighted by Crippen LogP contribution is 2.10. The predicted octanol–water partition coefficient (Wildman–Crippen LogP) is 1.53. The van der Waals surface area contributed by atoms with Crippen molar-refractivity contribution in [2.45, 2.75) is 12.5 Å². The predicted molar refractivity (Wildman–Crippen MR) is 70.0 cm³/mol. The number of benzene rings is 1. The van der Waals surface area contributed by atoms with Gasteiger partial charge in [-0.05, 0) is 12.1 Å². The SMILES string of the molecule is O=C(O)C[C@H](NC(=S)c1ccc(Cl)cc1)C(=O)O. The van der Waals surface area contributed by atoms with Gasteiger partial charge < -0.3 is 15.5 Å². The lowest BCUT2D eigenvalue weighted by molar-refractivity contribution is -0.145. The van der Waals surface area contributed by atoms with Gasteiger partial charge in [-0.1, -0.05) is 36.0 Å². The molecule has 0 amide bonds. The van der Waals surface area contributed by atoms with Crippen molar-refractivity contribution in [3.8, 4) is 0 Å². The molecule has 96 valence electrons. The summed E-state index contributed by atoms with van der Waals surface area (Å²) in [5, 5.41) is 20.5. The van der Waals surface area contributed by atoms with Crippen LogP contribution in [-0.2, 0) is 9.59 Å². The van der Waals surface area contributed by atoms with E-state index in [0.29, 0.717) is 10.6 Å². The Bertz CT molecular complexity index is 474. The number of thiocarbonyl (C=S) groups is 1. The molecule has 7 heteroatoms. The van der Waals surface area contributed by atoms with Crippen LogP contribution in [0.1, 0.15) is 12.0 Å². The lowest BCUT2D eigenvalue weighted by Gasteiger charge is -2.14. The molecule has 0 saturated heterocycles. The molecule has 1 aromatic rings. The molecule has 1 rings (SSSR count). The van der Waals surface area contributed by atoms with Crippen LogP contribution in [0.25, 0.3) is 0 Å². The van der Waals surface area contributed by atoms with E-state index in [4.69, 9.17) is 34.0 Å². The van der Waals surface area contributed by atoms with Crippen LogP contribution < -0.4 is 5.32 Å². The highest BCUT2D eigenvalue weighted by Gasteiger charge is 2.21. The van der Waals surface area contributed by atoms with Gasteiger partial charge >= 0.3 is 11.9 Å². The Morgan fingerprint density at radius 2 is 1.83 bits per heavy atom. The van der Waals surface area contributed by atoms with E-state index >= 15 is 0 Å². The number of carbonyl (C=O) groups is 2. The highest BCUT2D eigenvalue weighted by atomic mass is 35.5. The summed E-state index contributed by atoms with van der Waals surface area (Å²) in [5.74, 6) is -2.48. The molecule has 18 heavy (non-hydrogen) atoms. The van der Waals surface area contributed by atoms with E-state index in [9.17, 15) is 9.59 Å². The van der Waals surface area contributed by atoms with Gasteiger partial charge in [0.2, 0.25) is 0 Å². The first kappa shape index (κ1) is 14.4. The molecule has 0 aromatic heterocycles. The van der Waals surface area contributed by atoms with Crippen molar-refractivity contribution in [2.24, 2.45) is 0 Å². The first-order valence-corrected chi connectivity index (χ1v) is 5.70. The maximum atomic E-state index is 10.8. The second-order valence-corrected chi connectivity index (χ2v) is 4.31. The smallest absolute Gasteiger partial charge is 0.326 e. The van der Waals surface area contributed by atoms with E-state index in [1.54, 1.807) is 24.3 Å². The van der Waals surface area contributed by atoms with Crippen LogP contribution in [0.5, 0.6) is 0 Å². The largest absolute Gasteiger partial charge is 0.481 e. The van der Waals surface area contributed by atoms with Crippen molar-refractivity contribution in [3.05, 3.63) is 34.9 Å². The molecule has 0 fully saturated rings. The summed E-state index contributed by atoms with van der Waals surface area (Å²) < 4.78 is 0. The molecular weight excluding hydrogens is 278 g/mol. The van der Waals surface area contributed by atoms with Crippen LogP contribution in [-0.4, -0.2) is 33.2 Å². The van der Waals surface area contributed by atoms with Crippen molar-refractivity contribution in [3.63, 3.8) is 0 Å². The summed E-state index contributed by atoms with van der Waals surface area (Å²) in [7, 11) is 0. The Morgan fingerprint density at radius 1 is 1.28 bits per heavy atom. The maximum absolute atomic E-state index is 10.8. The van der Waals surface area contributed by atoms with E-state index in [1.165, 1.54) is 0 Å². The molecule has 0 radical (unpaired) electrons. The van der Waals surface area contributed by atoms with Crippen LogP contribution in [0.4, 0.5) is 0 Å². The van der Waals surface area contributed by atoms with Gasteiger partial charge in [-0.15, -0.1) is 0 Å². The van der Waals surface area contributed by atoms with E-state index < -0.39 is 24.4 Å². The van der Waals surface area contributed by atoms with E-state index in [2.05, 4.69) is 5.32 Å². The normalized spacial score (nSPS) is 11.6. The van der Waals surface area contributed by atoms with Gasteiger partial charge in [0.15, 0.2) is 0 Å². The summed E-state index contributed by atoms with van der Waals surface area (Å²) in [6, 6.07) is 5.20. The molecule has 0 bridgehead atoms. The molecular formula is C11H10ClNO4S. The standard InChI is InChI=1S/C11H10ClNO4S/c12-7-3-1-6(2-4-7)10(18)13-8(11(16)17)5-9(14)15/h1-4,8H,5H2,(H,13,18)(H,14,15)(H,16,17)/t8-/m0/s1. The molecule has 0 aliphatic carbocycles. The van der Waals surface area contributed by atoms with Crippen molar-refractivity contribution >= 4 is 40.7 Å². The van der Waals surface area contributed by atoms with Crippen LogP contribution in [0, 0.1) is 0 Å². The molecule has 3 N–H and O–H groups in total. The van der Waals surface area contributed by atoms with Crippen LogP contribution in [0.2, 0.25) is 5.02 Å². The van der Waals surface area contributed by atoms with Crippen molar-refractivity contribution < 1.29 is 19.8 Å². The molecule has 0 heterocycles. The molecule has 0 unspecified atom stereocenters. The van der Waals surface area contributed by atoms with Gasteiger partial charge in [0.1, 0.15) is 11.0 Å². The Labute approximate surface area is 113 Å². The van der Waals surface area contributed by atoms with Crippen LogP contribution >= 0.6 is 23.8 Å². The van der Waals surface area contributed by atoms with Crippen LogP contribution in [0.3, 0.4) is 0 Å². The molecule has 0 saturated carbocycles. The molecule has 1 aromatic carbocycles. The lowest BCUT2D eigenvalue weighted by Crippen LogP contribution is -2.41. The highest BCUT2D eigenvalue weighted by molar-refractivity contribution is 7.80. The van der Waals surface area contributed by atoms with E-state index in [1.807, 2.05) is 0 Å². The molecule has 5 nitrogen and oxygen atoms in total. The van der Waals surface area contributed by atoms with Crippen molar-refractivity contribution in [1.82, 2.24) is 5.32 Å². The Kier molecular flexibility index (Phi) is 5.06. The van der Waals surface area contributed by atoms with Crippen molar-refractivity contribution in [1.29, 1.82) is 0 Å². The first-order chi connectivity index (χ1) is 8.40. The topological polar surface area (TPSA) is 86.6 Å². The minimum Gasteiger partial charge on any atom is -0.481 e. The third kappa shape index (κ3) is 4.31. The third-order valence-electron chi connectivity index (χ3n) is 2.09. The average Bonchev–Trinajstić information content (AvgIpc) is 2.28. The number of hydrogen-bond donors (Lipinski definition) is 3. The fraction of sp³-hybridized carbons (Fsp3) is 0.182. The van der Waals surface area contributed by atoms with E-state index in [-0.39, 0.29) is 4.99 Å². The number of halogens is 1. The molecule has 0 aliphatic rings. The zero-order valence-corrected chi connectivity index (χ0v) is 10.7. The Morgan fingerprint density at radius 3 is 2.28 bits per heavy atom. The Hall–Kier alpha value is -1.66. The summed E-state index contributed by atoms with van der Waals surface area (Å²) in [6.45, 7) is 0. The first-order valence-electron chi connectivity index (χ1n) is 4.91. The average molecular weight is 288 g/mol. The summed E-state index contributed by atoms with van der Waals surface area (Å²) in [6.07, 6.45) is -0.553. The second-order valence-electron chi connectivity index (χ2n) is 3.47. The minimum absolute atomic E-state index is 0.167. The zero-order chi connectivity index (χ0) is 13.7. The zero-order valence-electron chi connectivity index (χ0n) is 9.09. The summed E-state index contributed by atoms with van der Waals surface area (Å²) >= 11 is 10.7. The van der Waals surface area contributed by atoms with Crippen LogP contribution in [0.15, 0.2) is 24.3 Å². The molecule has 1 atom stereocenters. The Balaban J connectivity index is 2.75.